The molecule has 1 unspecified atom stereocenters. The number of alkyl halides is 3. The fourth-order valence-electron chi connectivity index (χ4n) is 3.59. The number of halogens is 3. The summed E-state index contributed by atoms with van der Waals surface area (Å²) < 4.78 is 40.5. The number of benzene rings is 2. The number of carbonyl (C=O) groups is 3. The number of carbonyl (C=O) groups excluding carboxylic acids is 3. The Hall–Kier alpha value is -3.36. The molecule has 2 N–H and O–H groups in total. The molecule has 0 spiro atoms. The highest BCUT2D eigenvalue weighted by Crippen LogP contribution is 2.37. The van der Waals surface area contributed by atoms with E-state index in [1.807, 2.05) is 32.0 Å². The number of amides is 3. The van der Waals surface area contributed by atoms with E-state index < -0.39 is 35.2 Å². The molecule has 1 aliphatic heterocycles. The van der Waals surface area contributed by atoms with Crippen molar-refractivity contribution in [3.8, 4) is 0 Å². The summed E-state index contributed by atoms with van der Waals surface area (Å²) in [6.07, 6.45) is -4.84. The maximum Gasteiger partial charge on any atom is 0.418 e. The minimum Gasteiger partial charge on any atom is -0.326 e. The van der Waals surface area contributed by atoms with E-state index in [1.165, 1.54) is 17.9 Å². The van der Waals surface area contributed by atoms with Crippen LogP contribution in [-0.2, 0) is 20.6 Å². The molecule has 0 aliphatic carbocycles. The minimum atomic E-state index is -4.74. The van der Waals surface area contributed by atoms with Crippen molar-refractivity contribution < 1.29 is 27.6 Å². The molecule has 2 aromatic carbocycles. The van der Waals surface area contributed by atoms with Gasteiger partial charge in [0.1, 0.15) is 0 Å². The molecule has 3 amide bonds. The lowest BCUT2D eigenvalue weighted by atomic mass is 10.0. The van der Waals surface area contributed by atoms with E-state index in [0.717, 1.165) is 17.7 Å². The van der Waals surface area contributed by atoms with Crippen LogP contribution < -0.4 is 15.5 Å². The summed E-state index contributed by atoms with van der Waals surface area (Å²) in [5.41, 5.74) is 0.159. The quantitative estimate of drug-likeness (QED) is 0.693. The molecule has 170 valence electrons. The molecule has 1 aliphatic rings. The molecular formula is C23H24F3N3O3. The van der Waals surface area contributed by atoms with Gasteiger partial charge in [-0.25, -0.2) is 0 Å². The van der Waals surface area contributed by atoms with E-state index in [1.54, 1.807) is 6.07 Å². The SMILES string of the molecule is CC(=O)Nc1ccc(NC(=O)C2CC(=O)N(c3cccc(C(C)C)c3)C2)c(C(F)(F)F)c1. The van der Waals surface area contributed by atoms with Crippen LogP contribution in [0.25, 0.3) is 0 Å². The highest BCUT2D eigenvalue weighted by Gasteiger charge is 2.38. The predicted molar refractivity (Wildman–Crippen MR) is 115 cm³/mol. The van der Waals surface area contributed by atoms with Crippen LogP contribution in [0, 0.1) is 5.92 Å². The Balaban J connectivity index is 1.78. The van der Waals surface area contributed by atoms with E-state index in [-0.39, 0.29) is 30.5 Å². The third-order valence-corrected chi connectivity index (χ3v) is 5.25. The van der Waals surface area contributed by atoms with Crippen LogP contribution in [0.4, 0.5) is 30.2 Å². The van der Waals surface area contributed by atoms with E-state index in [2.05, 4.69) is 10.6 Å². The second-order valence-corrected chi connectivity index (χ2v) is 8.08. The van der Waals surface area contributed by atoms with Crippen molar-refractivity contribution in [2.75, 3.05) is 22.1 Å². The lowest BCUT2D eigenvalue weighted by molar-refractivity contribution is -0.137. The molecule has 0 bridgehead atoms. The van der Waals surface area contributed by atoms with Gasteiger partial charge in [-0.2, -0.15) is 13.2 Å². The summed E-state index contributed by atoms with van der Waals surface area (Å²) in [7, 11) is 0. The molecule has 1 saturated heterocycles. The fraction of sp³-hybridized carbons (Fsp3) is 0.348. The van der Waals surface area contributed by atoms with Gasteiger partial charge in [0, 0.05) is 31.3 Å². The highest BCUT2D eigenvalue weighted by molar-refractivity contribution is 6.04. The van der Waals surface area contributed by atoms with E-state index in [4.69, 9.17) is 0 Å². The van der Waals surface area contributed by atoms with Gasteiger partial charge in [0.05, 0.1) is 17.2 Å². The zero-order valence-electron chi connectivity index (χ0n) is 17.9. The van der Waals surface area contributed by atoms with Crippen LogP contribution in [-0.4, -0.2) is 24.3 Å². The van der Waals surface area contributed by atoms with E-state index >= 15 is 0 Å². The molecule has 2 aromatic rings. The van der Waals surface area contributed by atoms with Gasteiger partial charge in [-0.1, -0.05) is 26.0 Å². The lowest BCUT2D eigenvalue weighted by Crippen LogP contribution is -2.28. The normalized spacial score (nSPS) is 16.4. The Labute approximate surface area is 183 Å². The summed E-state index contributed by atoms with van der Waals surface area (Å²) in [6.45, 7) is 5.31. The summed E-state index contributed by atoms with van der Waals surface area (Å²) >= 11 is 0. The summed E-state index contributed by atoms with van der Waals surface area (Å²) in [5, 5.41) is 4.60. The second-order valence-electron chi connectivity index (χ2n) is 8.08. The minimum absolute atomic E-state index is 0.0323. The Kier molecular flexibility index (Phi) is 6.57. The summed E-state index contributed by atoms with van der Waals surface area (Å²) in [4.78, 5) is 37.9. The van der Waals surface area contributed by atoms with Crippen molar-refractivity contribution >= 4 is 34.8 Å². The summed E-state index contributed by atoms with van der Waals surface area (Å²) in [6, 6.07) is 10.6. The van der Waals surface area contributed by atoms with Crippen LogP contribution in [0.1, 0.15) is 44.2 Å². The highest BCUT2D eigenvalue weighted by atomic mass is 19.4. The van der Waals surface area contributed by atoms with Gasteiger partial charge >= 0.3 is 6.18 Å². The smallest absolute Gasteiger partial charge is 0.326 e. The Morgan fingerprint density at radius 3 is 2.44 bits per heavy atom. The predicted octanol–water partition coefficient (Wildman–Crippen LogP) is 4.78. The van der Waals surface area contributed by atoms with E-state index in [9.17, 15) is 27.6 Å². The number of nitrogens with one attached hydrogen (secondary N) is 2. The Morgan fingerprint density at radius 2 is 1.81 bits per heavy atom. The number of hydrogen-bond acceptors (Lipinski definition) is 3. The number of anilines is 3. The van der Waals surface area contributed by atoms with Gasteiger partial charge in [0.15, 0.2) is 0 Å². The van der Waals surface area contributed by atoms with Gasteiger partial charge in [0.2, 0.25) is 17.7 Å². The molecule has 6 nitrogen and oxygen atoms in total. The first-order valence-corrected chi connectivity index (χ1v) is 10.2. The maximum atomic E-state index is 13.5. The molecule has 1 fully saturated rings. The van der Waals surface area contributed by atoms with Crippen LogP contribution in [0.15, 0.2) is 42.5 Å². The topological polar surface area (TPSA) is 78.5 Å². The Morgan fingerprint density at radius 1 is 1.09 bits per heavy atom. The number of hydrogen-bond donors (Lipinski definition) is 2. The molecule has 1 atom stereocenters. The third kappa shape index (κ3) is 5.27. The second kappa shape index (κ2) is 9.02. The molecule has 9 heteroatoms. The number of rotatable bonds is 5. The molecule has 0 aromatic heterocycles. The zero-order valence-corrected chi connectivity index (χ0v) is 17.9. The van der Waals surface area contributed by atoms with Crippen molar-refractivity contribution in [3.63, 3.8) is 0 Å². The molecular weight excluding hydrogens is 423 g/mol. The van der Waals surface area contributed by atoms with Crippen molar-refractivity contribution in [1.29, 1.82) is 0 Å². The van der Waals surface area contributed by atoms with Crippen molar-refractivity contribution in [2.24, 2.45) is 5.92 Å². The average Bonchev–Trinajstić information content (AvgIpc) is 3.10. The zero-order chi connectivity index (χ0) is 23.6. The third-order valence-electron chi connectivity index (χ3n) is 5.25. The first-order valence-electron chi connectivity index (χ1n) is 10.2. The van der Waals surface area contributed by atoms with Crippen molar-refractivity contribution in [1.82, 2.24) is 0 Å². The average molecular weight is 447 g/mol. The lowest BCUT2D eigenvalue weighted by Gasteiger charge is -2.19. The van der Waals surface area contributed by atoms with Crippen molar-refractivity contribution in [2.45, 2.75) is 39.3 Å². The van der Waals surface area contributed by atoms with Crippen molar-refractivity contribution in [3.05, 3.63) is 53.6 Å². The largest absolute Gasteiger partial charge is 0.418 e. The fourth-order valence-corrected chi connectivity index (χ4v) is 3.59. The van der Waals surface area contributed by atoms with Crippen LogP contribution >= 0.6 is 0 Å². The van der Waals surface area contributed by atoms with Gasteiger partial charge in [0.25, 0.3) is 0 Å². The molecule has 1 heterocycles. The first-order chi connectivity index (χ1) is 15.0. The summed E-state index contributed by atoms with van der Waals surface area (Å²) in [5.74, 6) is -1.97. The Bertz CT molecular complexity index is 1050. The van der Waals surface area contributed by atoms with Gasteiger partial charge in [-0.3, -0.25) is 14.4 Å². The molecule has 0 saturated carbocycles. The molecule has 0 radical (unpaired) electrons. The monoisotopic (exact) mass is 447 g/mol. The van der Waals surface area contributed by atoms with Crippen LogP contribution in [0.5, 0.6) is 0 Å². The van der Waals surface area contributed by atoms with Crippen LogP contribution in [0.3, 0.4) is 0 Å². The van der Waals surface area contributed by atoms with Gasteiger partial charge in [-0.05, 0) is 41.8 Å². The molecule has 3 rings (SSSR count). The maximum absolute atomic E-state index is 13.5. The van der Waals surface area contributed by atoms with Gasteiger partial charge in [-0.15, -0.1) is 0 Å². The first kappa shape index (κ1) is 23.3. The van der Waals surface area contributed by atoms with Crippen LogP contribution in [0.2, 0.25) is 0 Å². The van der Waals surface area contributed by atoms with E-state index in [0.29, 0.717) is 5.69 Å². The number of nitrogens with zero attached hydrogens (tertiary/aromatic N) is 1. The standard InChI is InChI=1S/C23H24F3N3O3/c1-13(2)15-5-4-6-18(9-15)29-12-16(10-21(29)31)22(32)28-20-8-7-17(27-14(3)30)11-19(20)23(24,25)26/h4-9,11,13,16H,10,12H2,1-3H3,(H,27,30)(H,28,32). The molecule has 32 heavy (non-hydrogen) atoms. The van der Waals surface area contributed by atoms with Gasteiger partial charge < -0.3 is 15.5 Å².